The van der Waals surface area contributed by atoms with Gasteiger partial charge in [0, 0.05) is 36.7 Å². The monoisotopic (exact) mass is 394 g/mol. The number of carbonyl (C=O) groups excluding carboxylic acids is 2. The molecule has 1 aliphatic heterocycles. The first-order valence-electron chi connectivity index (χ1n) is 9.38. The quantitative estimate of drug-likeness (QED) is 0.322. The number of carbonyl (C=O) groups is 2. The Labute approximate surface area is 168 Å². The molecule has 3 rings (SSSR count). The fourth-order valence-electron chi connectivity index (χ4n) is 3.41. The number of ketones is 1. The van der Waals surface area contributed by atoms with E-state index in [-0.39, 0.29) is 23.3 Å². The molecule has 0 saturated carbocycles. The Morgan fingerprint density at radius 1 is 1.10 bits per heavy atom. The van der Waals surface area contributed by atoms with E-state index in [0.717, 1.165) is 0 Å². The fourth-order valence-corrected chi connectivity index (χ4v) is 3.41. The van der Waals surface area contributed by atoms with Gasteiger partial charge in [-0.1, -0.05) is 12.1 Å². The van der Waals surface area contributed by atoms with Gasteiger partial charge in [0.1, 0.15) is 5.75 Å². The summed E-state index contributed by atoms with van der Waals surface area (Å²) >= 11 is 0. The lowest BCUT2D eigenvalue weighted by atomic mass is 9.89. The lowest BCUT2D eigenvalue weighted by molar-refractivity contribution is -0.385. The van der Waals surface area contributed by atoms with Crippen molar-refractivity contribution in [3.8, 4) is 5.75 Å². The molecule has 0 unspecified atom stereocenters. The molecule has 0 aromatic heterocycles. The third kappa shape index (κ3) is 4.87. The summed E-state index contributed by atoms with van der Waals surface area (Å²) in [6.07, 6.45) is 4.01. The second-order valence-corrected chi connectivity index (χ2v) is 6.84. The Hall–Kier alpha value is -3.48. The highest BCUT2D eigenvalue weighted by Gasteiger charge is 2.27. The summed E-state index contributed by atoms with van der Waals surface area (Å²) in [6, 6.07) is 13.3. The van der Waals surface area contributed by atoms with Crippen LogP contribution in [0.3, 0.4) is 0 Å². The van der Waals surface area contributed by atoms with Gasteiger partial charge in [0.05, 0.1) is 17.6 Å². The minimum absolute atomic E-state index is 0.0413. The molecule has 1 heterocycles. The van der Waals surface area contributed by atoms with Crippen molar-refractivity contribution in [1.82, 2.24) is 4.90 Å². The van der Waals surface area contributed by atoms with E-state index >= 15 is 0 Å². The van der Waals surface area contributed by atoms with Crippen LogP contribution in [-0.4, -0.2) is 41.7 Å². The van der Waals surface area contributed by atoms with Crippen LogP contribution in [0.5, 0.6) is 5.75 Å². The second-order valence-electron chi connectivity index (χ2n) is 6.84. The van der Waals surface area contributed by atoms with E-state index in [4.69, 9.17) is 4.74 Å². The van der Waals surface area contributed by atoms with Crippen molar-refractivity contribution in [3.63, 3.8) is 0 Å². The summed E-state index contributed by atoms with van der Waals surface area (Å²) < 4.78 is 5.11. The average Bonchev–Trinajstić information content (AvgIpc) is 2.77. The average molecular weight is 394 g/mol. The molecule has 1 saturated heterocycles. The van der Waals surface area contributed by atoms with Gasteiger partial charge in [-0.2, -0.15) is 0 Å². The zero-order valence-electron chi connectivity index (χ0n) is 16.1. The van der Waals surface area contributed by atoms with Crippen LogP contribution in [-0.2, 0) is 4.79 Å². The van der Waals surface area contributed by atoms with Crippen LogP contribution in [0, 0.1) is 16.0 Å². The van der Waals surface area contributed by atoms with Gasteiger partial charge < -0.3 is 9.64 Å². The van der Waals surface area contributed by atoms with Crippen LogP contribution in [0.4, 0.5) is 5.69 Å². The van der Waals surface area contributed by atoms with Gasteiger partial charge in [0.15, 0.2) is 5.78 Å². The zero-order valence-corrected chi connectivity index (χ0v) is 16.1. The van der Waals surface area contributed by atoms with Crippen molar-refractivity contribution in [2.75, 3.05) is 20.2 Å². The van der Waals surface area contributed by atoms with Crippen molar-refractivity contribution < 1.29 is 19.2 Å². The third-order valence-corrected chi connectivity index (χ3v) is 5.09. The molecule has 0 radical (unpaired) electrons. The Morgan fingerprint density at radius 2 is 1.76 bits per heavy atom. The van der Waals surface area contributed by atoms with E-state index in [2.05, 4.69) is 0 Å². The summed E-state index contributed by atoms with van der Waals surface area (Å²) in [7, 11) is 1.58. The standard InChI is InChI=1S/C22H22N2O5/c1-29-19-9-6-17(7-10-19)22(26)18-12-14-23(15-13-18)21(25)11-8-16-4-2-3-5-20(16)24(27)28/h2-11,18H,12-15H2,1H3/b11-8+. The molecule has 0 atom stereocenters. The van der Waals surface area contributed by atoms with Crippen molar-refractivity contribution in [2.45, 2.75) is 12.8 Å². The molecule has 0 N–H and O–H groups in total. The van der Waals surface area contributed by atoms with E-state index in [1.54, 1.807) is 54.5 Å². The van der Waals surface area contributed by atoms with E-state index < -0.39 is 4.92 Å². The highest BCUT2D eigenvalue weighted by molar-refractivity contribution is 5.98. The van der Waals surface area contributed by atoms with Crippen LogP contribution in [0.1, 0.15) is 28.8 Å². The minimum Gasteiger partial charge on any atom is -0.497 e. The number of rotatable bonds is 6. The Morgan fingerprint density at radius 3 is 2.38 bits per heavy atom. The first-order chi connectivity index (χ1) is 14.0. The van der Waals surface area contributed by atoms with E-state index in [9.17, 15) is 19.7 Å². The lowest BCUT2D eigenvalue weighted by Gasteiger charge is -2.30. The molecule has 0 bridgehead atoms. The van der Waals surface area contributed by atoms with Gasteiger partial charge in [-0.3, -0.25) is 19.7 Å². The summed E-state index contributed by atoms with van der Waals surface area (Å²) in [4.78, 5) is 37.4. The van der Waals surface area contributed by atoms with Gasteiger partial charge in [0.2, 0.25) is 5.91 Å². The molecule has 29 heavy (non-hydrogen) atoms. The van der Waals surface area contributed by atoms with E-state index in [1.807, 2.05) is 0 Å². The number of nitro benzene ring substituents is 1. The van der Waals surface area contributed by atoms with Crippen molar-refractivity contribution in [1.29, 1.82) is 0 Å². The number of likely N-dealkylation sites (tertiary alicyclic amines) is 1. The topological polar surface area (TPSA) is 89.8 Å². The summed E-state index contributed by atoms with van der Waals surface area (Å²) in [6.45, 7) is 0.958. The molecule has 2 aromatic rings. The molecule has 7 heteroatoms. The smallest absolute Gasteiger partial charge is 0.276 e. The number of nitrogens with zero attached hydrogens (tertiary/aromatic N) is 2. The van der Waals surface area contributed by atoms with Crippen LogP contribution in [0.2, 0.25) is 0 Å². The maximum atomic E-state index is 12.7. The predicted octanol–water partition coefficient (Wildman–Crippen LogP) is 3.74. The number of nitro groups is 1. The minimum atomic E-state index is -0.472. The number of amides is 1. The fraction of sp³-hybridized carbons (Fsp3) is 0.273. The van der Waals surface area contributed by atoms with Crippen molar-refractivity contribution in [2.24, 2.45) is 5.92 Å². The Balaban J connectivity index is 1.58. The maximum Gasteiger partial charge on any atom is 0.276 e. The van der Waals surface area contributed by atoms with Crippen LogP contribution < -0.4 is 4.74 Å². The highest BCUT2D eigenvalue weighted by atomic mass is 16.6. The number of hydrogen-bond donors (Lipinski definition) is 0. The van der Waals surface area contributed by atoms with Gasteiger partial charge >= 0.3 is 0 Å². The molecule has 0 aliphatic carbocycles. The van der Waals surface area contributed by atoms with Gasteiger partial charge in [0.25, 0.3) is 5.69 Å². The normalized spacial score (nSPS) is 14.7. The molecular formula is C22H22N2O5. The number of methoxy groups -OCH3 is 1. The number of benzene rings is 2. The number of Topliss-reactive ketones (excluding diaryl/α,β-unsaturated/α-hetero) is 1. The molecular weight excluding hydrogens is 372 g/mol. The van der Waals surface area contributed by atoms with Crippen LogP contribution in [0.15, 0.2) is 54.6 Å². The van der Waals surface area contributed by atoms with E-state index in [0.29, 0.717) is 42.8 Å². The summed E-state index contributed by atoms with van der Waals surface area (Å²) in [5, 5.41) is 11.1. The Kier molecular flexibility index (Phi) is 6.39. The van der Waals surface area contributed by atoms with E-state index in [1.165, 1.54) is 18.2 Å². The van der Waals surface area contributed by atoms with Gasteiger partial charge in [-0.25, -0.2) is 0 Å². The van der Waals surface area contributed by atoms with Gasteiger partial charge in [-0.15, -0.1) is 0 Å². The molecule has 1 aliphatic rings. The first kappa shape index (κ1) is 20.3. The van der Waals surface area contributed by atoms with Gasteiger partial charge in [-0.05, 0) is 49.2 Å². The first-order valence-corrected chi connectivity index (χ1v) is 9.38. The maximum absolute atomic E-state index is 12.7. The lowest BCUT2D eigenvalue weighted by Crippen LogP contribution is -2.39. The number of hydrogen-bond acceptors (Lipinski definition) is 5. The molecule has 0 spiro atoms. The van der Waals surface area contributed by atoms with Crippen LogP contribution in [0.25, 0.3) is 6.08 Å². The third-order valence-electron chi connectivity index (χ3n) is 5.09. The zero-order chi connectivity index (χ0) is 20.8. The second kappa shape index (κ2) is 9.14. The molecule has 2 aromatic carbocycles. The predicted molar refractivity (Wildman–Crippen MR) is 109 cm³/mol. The summed E-state index contributed by atoms with van der Waals surface area (Å²) in [5.41, 5.74) is 0.989. The molecule has 150 valence electrons. The highest BCUT2D eigenvalue weighted by Crippen LogP contribution is 2.24. The molecule has 1 amide bonds. The van der Waals surface area contributed by atoms with Crippen molar-refractivity contribution >= 4 is 23.5 Å². The number of para-hydroxylation sites is 1. The SMILES string of the molecule is COc1ccc(C(=O)C2CCN(C(=O)/C=C/c3ccccc3[N+](=O)[O-])CC2)cc1. The number of piperidine rings is 1. The molecule has 7 nitrogen and oxygen atoms in total. The molecule has 1 fully saturated rings. The van der Waals surface area contributed by atoms with Crippen LogP contribution >= 0.6 is 0 Å². The Bertz CT molecular complexity index is 928. The largest absolute Gasteiger partial charge is 0.497 e. The number of ether oxygens (including phenoxy) is 1. The summed E-state index contributed by atoms with van der Waals surface area (Å²) in [5.74, 6) is 0.452. The van der Waals surface area contributed by atoms with Crippen molar-refractivity contribution in [3.05, 3.63) is 75.8 Å².